The SMILES string of the molecule is COc1cccc(CC2CC(C(C)(C)C)CCC2=O)c1. The lowest BCUT2D eigenvalue weighted by molar-refractivity contribution is -0.126. The molecule has 1 aromatic carbocycles. The van der Waals surface area contributed by atoms with Gasteiger partial charge in [0.25, 0.3) is 0 Å². The Kier molecular flexibility index (Phi) is 4.52. The van der Waals surface area contributed by atoms with Crippen LogP contribution in [0.4, 0.5) is 0 Å². The van der Waals surface area contributed by atoms with Crippen LogP contribution >= 0.6 is 0 Å². The summed E-state index contributed by atoms with van der Waals surface area (Å²) in [6.07, 6.45) is 3.68. The molecule has 0 aliphatic heterocycles. The molecule has 110 valence electrons. The Bertz CT molecular complexity index is 471. The Labute approximate surface area is 122 Å². The summed E-state index contributed by atoms with van der Waals surface area (Å²) in [6, 6.07) is 8.09. The van der Waals surface area contributed by atoms with Crippen molar-refractivity contribution < 1.29 is 9.53 Å². The highest BCUT2D eigenvalue weighted by Crippen LogP contribution is 2.40. The van der Waals surface area contributed by atoms with Crippen molar-refractivity contribution in [3.05, 3.63) is 29.8 Å². The first-order valence-electron chi connectivity index (χ1n) is 7.56. The van der Waals surface area contributed by atoms with E-state index in [1.807, 2.05) is 18.2 Å². The Morgan fingerprint density at radius 3 is 2.70 bits per heavy atom. The fourth-order valence-electron chi connectivity index (χ4n) is 3.18. The second-order valence-electron chi connectivity index (χ2n) is 7.06. The Hall–Kier alpha value is -1.31. The van der Waals surface area contributed by atoms with E-state index in [0.717, 1.165) is 31.4 Å². The van der Waals surface area contributed by atoms with Crippen LogP contribution < -0.4 is 4.74 Å². The number of methoxy groups -OCH3 is 1. The summed E-state index contributed by atoms with van der Waals surface area (Å²) in [5, 5.41) is 0. The van der Waals surface area contributed by atoms with Gasteiger partial charge in [-0.1, -0.05) is 32.9 Å². The Morgan fingerprint density at radius 2 is 2.05 bits per heavy atom. The second kappa shape index (κ2) is 5.99. The van der Waals surface area contributed by atoms with Gasteiger partial charge < -0.3 is 4.74 Å². The van der Waals surface area contributed by atoms with Crippen LogP contribution in [0, 0.1) is 17.3 Å². The van der Waals surface area contributed by atoms with Crippen molar-refractivity contribution >= 4 is 5.78 Å². The first-order chi connectivity index (χ1) is 9.40. The molecule has 2 heteroatoms. The number of Topliss-reactive ketones (excluding diaryl/α,β-unsaturated/α-hetero) is 1. The van der Waals surface area contributed by atoms with E-state index in [1.54, 1.807) is 7.11 Å². The van der Waals surface area contributed by atoms with Crippen molar-refractivity contribution in [3.63, 3.8) is 0 Å². The molecule has 20 heavy (non-hydrogen) atoms. The summed E-state index contributed by atoms with van der Waals surface area (Å²) in [4.78, 5) is 12.2. The molecule has 0 amide bonds. The molecule has 1 aliphatic rings. The smallest absolute Gasteiger partial charge is 0.136 e. The molecule has 0 N–H and O–H groups in total. The monoisotopic (exact) mass is 274 g/mol. The highest BCUT2D eigenvalue weighted by Gasteiger charge is 2.34. The van der Waals surface area contributed by atoms with Gasteiger partial charge in [-0.05, 0) is 48.3 Å². The molecule has 0 saturated heterocycles. The fraction of sp³-hybridized carbons (Fsp3) is 0.611. The fourth-order valence-corrected chi connectivity index (χ4v) is 3.18. The van der Waals surface area contributed by atoms with Crippen LogP contribution in [0.2, 0.25) is 0 Å². The number of ether oxygens (including phenoxy) is 1. The topological polar surface area (TPSA) is 26.3 Å². The van der Waals surface area contributed by atoms with Crippen molar-refractivity contribution in [3.8, 4) is 5.75 Å². The maximum Gasteiger partial charge on any atom is 0.136 e. The summed E-state index contributed by atoms with van der Waals surface area (Å²) in [7, 11) is 1.68. The molecule has 1 aromatic rings. The van der Waals surface area contributed by atoms with Gasteiger partial charge in [0.05, 0.1) is 7.11 Å². The quantitative estimate of drug-likeness (QED) is 0.822. The number of benzene rings is 1. The average molecular weight is 274 g/mol. The predicted molar refractivity (Wildman–Crippen MR) is 82.0 cm³/mol. The van der Waals surface area contributed by atoms with Crippen LogP contribution in [0.1, 0.15) is 45.6 Å². The zero-order valence-electron chi connectivity index (χ0n) is 13.1. The van der Waals surface area contributed by atoms with Gasteiger partial charge in [0.1, 0.15) is 11.5 Å². The largest absolute Gasteiger partial charge is 0.497 e. The molecule has 2 rings (SSSR count). The van der Waals surface area contributed by atoms with E-state index in [4.69, 9.17) is 4.74 Å². The highest BCUT2D eigenvalue weighted by atomic mass is 16.5. The summed E-state index contributed by atoms with van der Waals surface area (Å²) in [5.41, 5.74) is 1.50. The molecule has 0 radical (unpaired) electrons. The molecule has 0 aromatic heterocycles. The van der Waals surface area contributed by atoms with E-state index in [2.05, 4.69) is 26.8 Å². The van der Waals surface area contributed by atoms with Gasteiger partial charge in [0.2, 0.25) is 0 Å². The van der Waals surface area contributed by atoms with Crippen LogP contribution in [0.5, 0.6) is 5.75 Å². The maximum atomic E-state index is 12.2. The lowest BCUT2D eigenvalue weighted by Gasteiger charge is -2.37. The Balaban J connectivity index is 2.08. The first kappa shape index (κ1) is 15.1. The van der Waals surface area contributed by atoms with E-state index >= 15 is 0 Å². The normalized spacial score (nSPS) is 23.7. The minimum atomic E-state index is 0.181. The summed E-state index contributed by atoms with van der Waals surface area (Å²) in [6.45, 7) is 6.86. The van der Waals surface area contributed by atoms with Crippen LogP contribution in [-0.2, 0) is 11.2 Å². The van der Waals surface area contributed by atoms with Crippen LogP contribution in [0.25, 0.3) is 0 Å². The van der Waals surface area contributed by atoms with Crippen molar-refractivity contribution in [2.45, 2.75) is 46.5 Å². The molecular formula is C18H26O2. The third kappa shape index (κ3) is 3.62. The molecule has 2 atom stereocenters. The van der Waals surface area contributed by atoms with Gasteiger partial charge in [-0.2, -0.15) is 0 Å². The highest BCUT2D eigenvalue weighted by molar-refractivity contribution is 5.82. The lowest BCUT2D eigenvalue weighted by Crippen LogP contribution is -2.33. The third-order valence-corrected chi connectivity index (χ3v) is 4.60. The molecule has 2 unspecified atom stereocenters. The summed E-state index contributed by atoms with van der Waals surface area (Å²) < 4.78 is 5.26. The molecule has 2 nitrogen and oxygen atoms in total. The van der Waals surface area contributed by atoms with Crippen LogP contribution in [0.3, 0.4) is 0 Å². The van der Waals surface area contributed by atoms with Gasteiger partial charge in [0.15, 0.2) is 0 Å². The van der Waals surface area contributed by atoms with Crippen LogP contribution in [-0.4, -0.2) is 12.9 Å². The number of hydrogen-bond donors (Lipinski definition) is 0. The van der Waals surface area contributed by atoms with E-state index in [1.165, 1.54) is 5.56 Å². The number of carbonyl (C=O) groups is 1. The van der Waals surface area contributed by atoms with E-state index < -0.39 is 0 Å². The number of carbonyl (C=O) groups excluding carboxylic acids is 1. The third-order valence-electron chi connectivity index (χ3n) is 4.60. The van der Waals surface area contributed by atoms with Gasteiger partial charge in [-0.25, -0.2) is 0 Å². The van der Waals surface area contributed by atoms with Gasteiger partial charge in [0, 0.05) is 12.3 Å². The molecule has 1 aliphatic carbocycles. The zero-order valence-corrected chi connectivity index (χ0v) is 13.1. The standard InChI is InChI=1S/C18H26O2/c1-18(2,3)15-8-9-17(19)14(12-15)10-13-6-5-7-16(11-13)20-4/h5-7,11,14-15H,8-10,12H2,1-4H3. The van der Waals surface area contributed by atoms with Crippen molar-refractivity contribution in [2.24, 2.45) is 17.3 Å². The zero-order chi connectivity index (χ0) is 14.8. The molecule has 0 spiro atoms. The van der Waals surface area contributed by atoms with Crippen LogP contribution in [0.15, 0.2) is 24.3 Å². The van der Waals surface area contributed by atoms with Gasteiger partial charge in [-0.15, -0.1) is 0 Å². The molecule has 1 fully saturated rings. The predicted octanol–water partition coefficient (Wildman–Crippen LogP) is 4.27. The summed E-state index contributed by atoms with van der Waals surface area (Å²) in [5.74, 6) is 2.14. The van der Waals surface area contributed by atoms with Gasteiger partial charge in [-0.3, -0.25) is 4.79 Å². The average Bonchev–Trinajstić information content (AvgIpc) is 2.40. The van der Waals surface area contributed by atoms with Gasteiger partial charge >= 0.3 is 0 Å². The molecule has 0 bridgehead atoms. The number of hydrogen-bond acceptors (Lipinski definition) is 2. The minimum absolute atomic E-state index is 0.181. The first-order valence-corrected chi connectivity index (χ1v) is 7.56. The van der Waals surface area contributed by atoms with E-state index in [9.17, 15) is 4.79 Å². The number of ketones is 1. The van der Waals surface area contributed by atoms with Crippen molar-refractivity contribution in [1.82, 2.24) is 0 Å². The number of rotatable bonds is 3. The maximum absolute atomic E-state index is 12.2. The van der Waals surface area contributed by atoms with Crippen molar-refractivity contribution in [1.29, 1.82) is 0 Å². The van der Waals surface area contributed by atoms with E-state index in [-0.39, 0.29) is 5.92 Å². The Morgan fingerprint density at radius 1 is 1.30 bits per heavy atom. The molecule has 1 saturated carbocycles. The van der Waals surface area contributed by atoms with Crippen molar-refractivity contribution in [2.75, 3.05) is 7.11 Å². The molecular weight excluding hydrogens is 248 g/mol. The van der Waals surface area contributed by atoms with E-state index in [0.29, 0.717) is 17.1 Å². The lowest BCUT2D eigenvalue weighted by atomic mass is 9.67. The second-order valence-corrected chi connectivity index (χ2v) is 7.06. The molecule has 0 heterocycles. The summed E-state index contributed by atoms with van der Waals surface area (Å²) >= 11 is 0. The minimum Gasteiger partial charge on any atom is -0.497 e.